The van der Waals surface area contributed by atoms with E-state index in [0.717, 1.165) is 29.1 Å². The van der Waals surface area contributed by atoms with Gasteiger partial charge in [0.1, 0.15) is 11.5 Å². The van der Waals surface area contributed by atoms with Gasteiger partial charge in [-0.1, -0.05) is 50.2 Å². The Morgan fingerprint density at radius 1 is 0.821 bits per heavy atom. The maximum atomic E-state index is 13.7. The Morgan fingerprint density at radius 3 is 2.21 bits per heavy atom. The lowest BCUT2D eigenvalue weighted by Crippen LogP contribution is -2.44. The van der Waals surface area contributed by atoms with E-state index in [9.17, 15) is 9.59 Å². The summed E-state index contributed by atoms with van der Waals surface area (Å²) in [6.45, 7) is 7.57. The number of amides is 2. The number of carbonyl (C=O) groups is 2. The van der Waals surface area contributed by atoms with Crippen LogP contribution in [0.3, 0.4) is 0 Å². The molecule has 0 aliphatic heterocycles. The van der Waals surface area contributed by atoms with Crippen LogP contribution < -0.4 is 9.47 Å². The first-order valence-electron chi connectivity index (χ1n) is 13.6. The molecule has 0 spiro atoms. The molecule has 2 aromatic carbocycles. The summed E-state index contributed by atoms with van der Waals surface area (Å²) in [5.74, 6) is 3.16. The van der Waals surface area contributed by atoms with Gasteiger partial charge < -0.3 is 23.7 Å². The molecule has 1 heterocycles. The van der Waals surface area contributed by atoms with E-state index in [1.165, 1.54) is 0 Å². The monoisotopic (exact) mass is 534 g/mol. The fourth-order valence-electron chi connectivity index (χ4n) is 4.37. The molecule has 0 fully saturated rings. The first-order chi connectivity index (χ1) is 18.8. The van der Waals surface area contributed by atoms with Gasteiger partial charge in [-0.05, 0) is 67.5 Å². The average molecular weight is 535 g/mol. The molecule has 3 aromatic rings. The molecule has 7 nitrogen and oxygen atoms in total. The van der Waals surface area contributed by atoms with Crippen LogP contribution >= 0.6 is 0 Å². The minimum absolute atomic E-state index is 0.00142. The van der Waals surface area contributed by atoms with Crippen LogP contribution in [0, 0.1) is 12.8 Å². The summed E-state index contributed by atoms with van der Waals surface area (Å²) in [4.78, 5) is 30.5. The highest BCUT2D eigenvalue weighted by molar-refractivity contribution is 5.85. The van der Waals surface area contributed by atoms with Crippen molar-refractivity contribution in [2.45, 2.75) is 53.0 Å². The van der Waals surface area contributed by atoms with E-state index in [1.807, 2.05) is 67.6 Å². The van der Waals surface area contributed by atoms with Gasteiger partial charge >= 0.3 is 0 Å². The molecular weight excluding hydrogens is 492 g/mol. The molecule has 0 unspecified atom stereocenters. The van der Waals surface area contributed by atoms with E-state index in [1.54, 1.807) is 24.0 Å². The Hall–Kier alpha value is -3.74. The number of nitrogens with zero attached hydrogens (tertiary/aromatic N) is 2. The van der Waals surface area contributed by atoms with Gasteiger partial charge in [0.15, 0.2) is 11.5 Å². The van der Waals surface area contributed by atoms with Crippen molar-refractivity contribution >= 4 is 11.8 Å². The van der Waals surface area contributed by atoms with Gasteiger partial charge in [0, 0.05) is 19.5 Å². The molecule has 7 heteroatoms. The van der Waals surface area contributed by atoms with Crippen LogP contribution in [0.15, 0.2) is 65.1 Å². The maximum Gasteiger partial charge on any atom is 0.242 e. The number of methoxy groups -OCH3 is 2. The highest BCUT2D eigenvalue weighted by Crippen LogP contribution is 2.28. The largest absolute Gasteiger partial charge is 0.493 e. The molecule has 0 atom stereocenters. The van der Waals surface area contributed by atoms with Crippen LogP contribution in [0.5, 0.6) is 11.5 Å². The normalized spacial score (nSPS) is 10.9. The average Bonchev–Trinajstić information content (AvgIpc) is 3.36. The maximum absolute atomic E-state index is 13.7. The van der Waals surface area contributed by atoms with Gasteiger partial charge in [0.2, 0.25) is 11.8 Å². The lowest BCUT2D eigenvalue weighted by molar-refractivity contribution is -0.141. The molecule has 2 amide bonds. The Bertz CT molecular complexity index is 1190. The Kier molecular flexibility index (Phi) is 11.5. The van der Waals surface area contributed by atoms with Crippen LogP contribution in [0.1, 0.15) is 49.3 Å². The fourth-order valence-corrected chi connectivity index (χ4v) is 4.37. The van der Waals surface area contributed by atoms with Crippen LogP contribution in [-0.4, -0.2) is 55.5 Å². The molecule has 0 aliphatic carbocycles. The molecule has 1 aromatic heterocycles. The van der Waals surface area contributed by atoms with Crippen molar-refractivity contribution in [3.05, 3.63) is 83.3 Å². The SMILES string of the molecule is COc1ccc(CCN(Cc2ccc(C)o2)C(=O)CN(CCC(C)C)C(=O)CCc2ccccc2)cc1OC. The summed E-state index contributed by atoms with van der Waals surface area (Å²) in [7, 11) is 3.21. The molecule has 0 N–H and O–H groups in total. The molecule has 0 bridgehead atoms. The van der Waals surface area contributed by atoms with Crippen molar-refractivity contribution in [2.24, 2.45) is 5.92 Å². The van der Waals surface area contributed by atoms with Gasteiger partial charge in [-0.25, -0.2) is 0 Å². The summed E-state index contributed by atoms with van der Waals surface area (Å²) in [6, 6.07) is 19.5. The predicted octanol–water partition coefficient (Wildman–Crippen LogP) is 5.68. The minimum Gasteiger partial charge on any atom is -0.493 e. The topological polar surface area (TPSA) is 72.2 Å². The van der Waals surface area contributed by atoms with Crippen LogP contribution in [0.4, 0.5) is 0 Å². The van der Waals surface area contributed by atoms with E-state index >= 15 is 0 Å². The number of rotatable bonds is 15. The van der Waals surface area contributed by atoms with Crippen molar-refractivity contribution in [3.8, 4) is 11.5 Å². The summed E-state index contributed by atoms with van der Waals surface area (Å²) in [5.41, 5.74) is 2.14. The van der Waals surface area contributed by atoms with E-state index in [-0.39, 0.29) is 18.4 Å². The van der Waals surface area contributed by atoms with Crippen molar-refractivity contribution in [1.29, 1.82) is 0 Å². The van der Waals surface area contributed by atoms with Gasteiger partial charge in [-0.15, -0.1) is 0 Å². The molecule has 0 aliphatic rings. The number of furan rings is 1. The van der Waals surface area contributed by atoms with E-state index in [2.05, 4.69) is 13.8 Å². The first-order valence-corrected chi connectivity index (χ1v) is 13.6. The van der Waals surface area contributed by atoms with Gasteiger partial charge in [-0.3, -0.25) is 9.59 Å². The Balaban J connectivity index is 1.73. The van der Waals surface area contributed by atoms with Gasteiger partial charge in [0.25, 0.3) is 0 Å². The third-order valence-electron chi connectivity index (χ3n) is 6.74. The predicted molar refractivity (Wildman–Crippen MR) is 153 cm³/mol. The van der Waals surface area contributed by atoms with Crippen LogP contribution in [0.2, 0.25) is 0 Å². The lowest BCUT2D eigenvalue weighted by atomic mass is 10.1. The van der Waals surface area contributed by atoms with Gasteiger partial charge in [0.05, 0.1) is 27.3 Å². The second-order valence-electron chi connectivity index (χ2n) is 10.3. The van der Waals surface area contributed by atoms with Crippen LogP contribution in [-0.2, 0) is 29.0 Å². The van der Waals surface area contributed by atoms with E-state index in [0.29, 0.717) is 56.3 Å². The van der Waals surface area contributed by atoms with E-state index in [4.69, 9.17) is 13.9 Å². The second kappa shape index (κ2) is 15.0. The van der Waals surface area contributed by atoms with Crippen molar-refractivity contribution in [2.75, 3.05) is 33.9 Å². The molecule has 0 radical (unpaired) electrons. The Labute approximate surface area is 232 Å². The number of benzene rings is 2. The van der Waals surface area contributed by atoms with Gasteiger partial charge in [-0.2, -0.15) is 0 Å². The minimum atomic E-state index is -0.0960. The standard InChI is InChI=1S/C32H42N2O5/c1-24(2)17-19-34(31(35)16-13-26-9-7-6-8-10-26)23-32(36)33(22-28-14-11-25(3)39-28)20-18-27-12-15-29(37-4)30(21-27)38-5/h6-12,14-15,21,24H,13,16-20,22-23H2,1-5H3. The summed E-state index contributed by atoms with van der Waals surface area (Å²) in [5, 5.41) is 0. The number of ether oxygens (including phenoxy) is 2. The number of hydrogen-bond acceptors (Lipinski definition) is 5. The fraction of sp³-hybridized carbons (Fsp3) is 0.438. The van der Waals surface area contributed by atoms with Crippen LogP contribution in [0.25, 0.3) is 0 Å². The Morgan fingerprint density at radius 2 is 1.56 bits per heavy atom. The highest BCUT2D eigenvalue weighted by Gasteiger charge is 2.23. The summed E-state index contributed by atoms with van der Waals surface area (Å²) >= 11 is 0. The second-order valence-corrected chi connectivity index (χ2v) is 10.3. The highest BCUT2D eigenvalue weighted by atomic mass is 16.5. The lowest BCUT2D eigenvalue weighted by Gasteiger charge is -2.28. The summed E-state index contributed by atoms with van der Waals surface area (Å²) < 4.78 is 16.6. The molecule has 210 valence electrons. The van der Waals surface area contributed by atoms with E-state index < -0.39 is 0 Å². The molecule has 3 rings (SSSR count). The zero-order valence-electron chi connectivity index (χ0n) is 23.9. The zero-order valence-corrected chi connectivity index (χ0v) is 23.9. The first kappa shape index (κ1) is 29.8. The quantitative estimate of drug-likeness (QED) is 0.251. The van der Waals surface area contributed by atoms with Crippen molar-refractivity contribution in [3.63, 3.8) is 0 Å². The molecule has 39 heavy (non-hydrogen) atoms. The van der Waals surface area contributed by atoms with Crippen molar-refractivity contribution < 1.29 is 23.5 Å². The molecule has 0 saturated heterocycles. The third-order valence-corrected chi connectivity index (χ3v) is 6.74. The van der Waals surface area contributed by atoms with Crippen molar-refractivity contribution in [1.82, 2.24) is 9.80 Å². The number of carbonyl (C=O) groups excluding carboxylic acids is 2. The zero-order chi connectivity index (χ0) is 28.2. The number of aryl methyl sites for hydroxylation is 2. The number of hydrogen-bond donors (Lipinski definition) is 0. The third kappa shape index (κ3) is 9.50. The molecular formula is C32H42N2O5. The smallest absolute Gasteiger partial charge is 0.242 e. The molecule has 0 saturated carbocycles. The summed E-state index contributed by atoms with van der Waals surface area (Å²) in [6.07, 6.45) is 2.49.